The van der Waals surface area contributed by atoms with E-state index in [4.69, 9.17) is 5.84 Å². The first-order valence-corrected chi connectivity index (χ1v) is 5.35. The molecule has 6 nitrogen and oxygen atoms in total. The number of pyridine rings is 2. The van der Waals surface area contributed by atoms with Crippen LogP contribution in [0.3, 0.4) is 0 Å². The van der Waals surface area contributed by atoms with Gasteiger partial charge < -0.3 is 10.7 Å². The Kier molecular flexibility index (Phi) is 3.49. The van der Waals surface area contributed by atoms with Crippen molar-refractivity contribution in [3.8, 4) is 0 Å². The lowest BCUT2D eigenvalue weighted by molar-refractivity contribution is 0.102. The monoisotopic (exact) mass is 243 g/mol. The first kappa shape index (κ1) is 12.0. The van der Waals surface area contributed by atoms with Gasteiger partial charge in [0.1, 0.15) is 5.69 Å². The number of nitrogens with two attached hydrogens (primary N) is 1. The molecular formula is C12H13N5O. The van der Waals surface area contributed by atoms with Crippen LogP contribution in [0.5, 0.6) is 0 Å². The number of nitrogen functional groups attached to an aromatic ring is 1. The number of carbonyl (C=O) groups excluding carboxylic acids is 1. The van der Waals surface area contributed by atoms with E-state index in [1.807, 2.05) is 13.0 Å². The van der Waals surface area contributed by atoms with Gasteiger partial charge in [-0.15, -0.1) is 0 Å². The third-order valence-electron chi connectivity index (χ3n) is 2.29. The number of hydrogen-bond acceptors (Lipinski definition) is 5. The Balaban J connectivity index is 2.16. The maximum atomic E-state index is 11.9. The predicted molar refractivity (Wildman–Crippen MR) is 69.0 cm³/mol. The fraction of sp³-hybridized carbons (Fsp3) is 0.0833. The Morgan fingerprint density at radius 3 is 2.83 bits per heavy atom. The number of nitrogens with zero attached hydrogens (tertiary/aromatic N) is 2. The number of nitrogens with one attached hydrogen (secondary N) is 2. The molecule has 0 aliphatic rings. The summed E-state index contributed by atoms with van der Waals surface area (Å²) in [5, 5.41) is 2.72. The van der Waals surface area contributed by atoms with E-state index in [1.165, 1.54) is 6.20 Å². The fourth-order valence-electron chi connectivity index (χ4n) is 1.46. The topological polar surface area (TPSA) is 92.9 Å². The van der Waals surface area contributed by atoms with Crippen LogP contribution in [-0.4, -0.2) is 15.9 Å². The maximum absolute atomic E-state index is 11.9. The molecule has 0 spiro atoms. The first-order valence-electron chi connectivity index (χ1n) is 5.35. The highest BCUT2D eigenvalue weighted by Crippen LogP contribution is 2.11. The van der Waals surface area contributed by atoms with E-state index in [1.54, 1.807) is 24.5 Å². The van der Waals surface area contributed by atoms with E-state index >= 15 is 0 Å². The highest BCUT2D eigenvalue weighted by molar-refractivity contribution is 6.03. The molecule has 2 aromatic heterocycles. The van der Waals surface area contributed by atoms with Gasteiger partial charge in [-0.2, -0.15) is 0 Å². The summed E-state index contributed by atoms with van der Waals surface area (Å²) in [5.41, 5.74) is 4.97. The van der Waals surface area contributed by atoms with E-state index in [-0.39, 0.29) is 11.6 Å². The highest BCUT2D eigenvalue weighted by Gasteiger charge is 2.08. The lowest BCUT2D eigenvalue weighted by atomic mass is 10.2. The summed E-state index contributed by atoms with van der Waals surface area (Å²) in [4.78, 5) is 19.9. The van der Waals surface area contributed by atoms with Gasteiger partial charge in [-0.05, 0) is 30.7 Å². The zero-order valence-corrected chi connectivity index (χ0v) is 9.84. The molecule has 0 bridgehead atoms. The summed E-state index contributed by atoms with van der Waals surface area (Å²) in [6.45, 7) is 1.90. The van der Waals surface area contributed by atoms with E-state index < -0.39 is 0 Å². The largest absolute Gasteiger partial charge is 0.324 e. The van der Waals surface area contributed by atoms with Crippen LogP contribution in [0.25, 0.3) is 0 Å². The van der Waals surface area contributed by atoms with Crippen molar-refractivity contribution in [2.75, 3.05) is 10.7 Å². The third-order valence-corrected chi connectivity index (χ3v) is 2.29. The van der Waals surface area contributed by atoms with Gasteiger partial charge in [0.2, 0.25) is 0 Å². The third kappa shape index (κ3) is 2.80. The maximum Gasteiger partial charge on any atom is 0.274 e. The van der Waals surface area contributed by atoms with E-state index in [9.17, 15) is 4.79 Å². The lowest BCUT2D eigenvalue weighted by Crippen LogP contribution is -2.15. The van der Waals surface area contributed by atoms with Gasteiger partial charge in [-0.25, -0.2) is 0 Å². The number of hydrogen-bond donors (Lipinski definition) is 3. The van der Waals surface area contributed by atoms with Crippen molar-refractivity contribution in [1.29, 1.82) is 0 Å². The molecule has 92 valence electrons. The van der Waals surface area contributed by atoms with Crippen molar-refractivity contribution in [3.63, 3.8) is 0 Å². The molecule has 0 atom stereocenters. The van der Waals surface area contributed by atoms with Crippen LogP contribution in [-0.2, 0) is 0 Å². The summed E-state index contributed by atoms with van der Waals surface area (Å²) >= 11 is 0. The average Bonchev–Trinajstić information content (AvgIpc) is 2.39. The zero-order chi connectivity index (χ0) is 13.0. The Labute approximate surface area is 104 Å². The van der Waals surface area contributed by atoms with E-state index in [2.05, 4.69) is 20.7 Å². The summed E-state index contributed by atoms with van der Waals surface area (Å²) < 4.78 is 0. The van der Waals surface area contributed by atoms with Gasteiger partial charge in [0.25, 0.3) is 5.91 Å². The lowest BCUT2D eigenvalue weighted by Gasteiger charge is -2.06. The molecule has 1 amide bonds. The Bertz CT molecular complexity index is 570. The minimum atomic E-state index is -0.306. The summed E-state index contributed by atoms with van der Waals surface area (Å²) in [6, 6.07) is 5.07. The molecule has 0 aliphatic carbocycles. The van der Waals surface area contributed by atoms with Gasteiger partial charge in [-0.3, -0.25) is 20.6 Å². The van der Waals surface area contributed by atoms with Crippen LogP contribution in [0.2, 0.25) is 0 Å². The molecule has 0 fully saturated rings. The Hall–Kier alpha value is -2.47. The molecule has 2 heterocycles. The van der Waals surface area contributed by atoms with Crippen molar-refractivity contribution < 1.29 is 4.79 Å². The second-order valence-electron chi connectivity index (χ2n) is 3.78. The summed E-state index contributed by atoms with van der Waals surface area (Å²) in [5.74, 6) is 4.97. The molecule has 0 saturated heterocycles. The molecule has 2 aromatic rings. The molecule has 4 N–H and O–H groups in total. The molecule has 0 saturated carbocycles. The SMILES string of the molecule is Cc1cncc(NC(=O)c2cc(NN)ccn2)c1. The molecular weight excluding hydrogens is 230 g/mol. The number of rotatable bonds is 3. The van der Waals surface area contributed by atoms with Crippen molar-refractivity contribution in [3.05, 3.63) is 48.0 Å². The van der Waals surface area contributed by atoms with E-state index in [0.29, 0.717) is 11.4 Å². The van der Waals surface area contributed by atoms with Crippen molar-refractivity contribution in [2.45, 2.75) is 6.92 Å². The molecule has 0 radical (unpaired) electrons. The van der Waals surface area contributed by atoms with Crippen LogP contribution in [0.15, 0.2) is 36.8 Å². The Morgan fingerprint density at radius 1 is 1.28 bits per heavy atom. The van der Waals surface area contributed by atoms with Crippen molar-refractivity contribution in [1.82, 2.24) is 9.97 Å². The molecule has 18 heavy (non-hydrogen) atoms. The van der Waals surface area contributed by atoms with Gasteiger partial charge in [0.05, 0.1) is 17.6 Å². The van der Waals surface area contributed by atoms with Gasteiger partial charge in [0.15, 0.2) is 0 Å². The van der Waals surface area contributed by atoms with Crippen LogP contribution >= 0.6 is 0 Å². The Morgan fingerprint density at radius 2 is 2.11 bits per heavy atom. The molecule has 0 unspecified atom stereocenters. The van der Waals surface area contributed by atoms with E-state index in [0.717, 1.165) is 5.56 Å². The van der Waals surface area contributed by atoms with Crippen molar-refractivity contribution in [2.24, 2.45) is 5.84 Å². The number of hydrazine groups is 1. The first-order chi connectivity index (χ1) is 8.69. The number of aromatic nitrogens is 2. The standard InChI is InChI=1S/C12H13N5O/c1-8-4-10(7-14-6-8)16-12(18)11-5-9(17-13)2-3-15-11/h2-7H,13H2,1H3,(H,15,17)(H,16,18). The highest BCUT2D eigenvalue weighted by atomic mass is 16.1. The predicted octanol–water partition coefficient (Wildman–Crippen LogP) is 1.32. The minimum absolute atomic E-state index is 0.284. The van der Waals surface area contributed by atoms with Crippen LogP contribution in [0.4, 0.5) is 11.4 Å². The fourth-order valence-corrected chi connectivity index (χ4v) is 1.46. The van der Waals surface area contributed by atoms with Crippen LogP contribution in [0, 0.1) is 6.92 Å². The zero-order valence-electron chi connectivity index (χ0n) is 9.84. The van der Waals surface area contributed by atoms with Gasteiger partial charge >= 0.3 is 0 Å². The minimum Gasteiger partial charge on any atom is -0.324 e. The summed E-state index contributed by atoms with van der Waals surface area (Å²) in [6.07, 6.45) is 4.81. The van der Waals surface area contributed by atoms with Gasteiger partial charge in [0, 0.05) is 12.4 Å². The molecule has 0 aliphatic heterocycles. The summed E-state index contributed by atoms with van der Waals surface area (Å²) in [7, 11) is 0. The number of carbonyl (C=O) groups is 1. The second-order valence-corrected chi connectivity index (χ2v) is 3.78. The number of anilines is 2. The van der Waals surface area contributed by atoms with Gasteiger partial charge in [-0.1, -0.05) is 0 Å². The van der Waals surface area contributed by atoms with Crippen molar-refractivity contribution >= 4 is 17.3 Å². The number of amides is 1. The molecule has 6 heteroatoms. The van der Waals surface area contributed by atoms with Crippen LogP contribution in [0.1, 0.15) is 16.1 Å². The molecule has 0 aromatic carbocycles. The normalized spacial score (nSPS) is 9.89. The van der Waals surface area contributed by atoms with Crippen LogP contribution < -0.4 is 16.6 Å². The average molecular weight is 243 g/mol. The smallest absolute Gasteiger partial charge is 0.274 e. The number of aryl methyl sites for hydroxylation is 1. The second kappa shape index (κ2) is 5.24. The quantitative estimate of drug-likeness (QED) is 0.558. The molecule has 2 rings (SSSR count).